The summed E-state index contributed by atoms with van der Waals surface area (Å²) in [5.74, 6) is -0.0234. The quantitative estimate of drug-likeness (QED) is 0.689. The van der Waals surface area contributed by atoms with Gasteiger partial charge >= 0.3 is 0 Å². The van der Waals surface area contributed by atoms with E-state index in [2.05, 4.69) is 0 Å². The van der Waals surface area contributed by atoms with E-state index in [0.717, 1.165) is 41.8 Å². The average Bonchev–Trinajstić information content (AvgIpc) is 3.04. The maximum Gasteiger partial charge on any atom is 0.243 e. The molecule has 112 valence electrons. The van der Waals surface area contributed by atoms with Crippen molar-refractivity contribution in [2.24, 2.45) is 0 Å². The fraction of sp³-hybridized carbons (Fsp3) is 0.500. The van der Waals surface area contributed by atoms with Gasteiger partial charge in [0.2, 0.25) is 11.8 Å². The molecule has 0 radical (unpaired) electrons. The molecule has 5 heteroatoms. The van der Waals surface area contributed by atoms with Gasteiger partial charge in [0, 0.05) is 23.0 Å². The topological polar surface area (TPSA) is 63.4 Å². The normalized spacial score (nSPS) is 23.3. The number of hydrogen-bond acceptors (Lipinski definition) is 4. The minimum atomic E-state index is -0.293. The first kappa shape index (κ1) is 14.4. The Bertz CT molecular complexity index is 582. The second kappa shape index (κ2) is 5.72. The second-order valence-corrected chi connectivity index (χ2v) is 7.07. The maximum atomic E-state index is 12.6. The van der Waals surface area contributed by atoms with Gasteiger partial charge in [-0.15, -0.1) is 11.8 Å². The number of carbonyl (C=O) groups is 2. The minimum absolute atomic E-state index is 0.00837. The molecule has 1 saturated carbocycles. The number of hydrogen-bond donors (Lipinski definition) is 1. The third kappa shape index (κ3) is 2.67. The molecule has 0 aromatic heterocycles. The zero-order valence-electron chi connectivity index (χ0n) is 12.2. The standard InChI is InChI=1S/C16H20N2O2S/c1-10-12(17)7-4-8-13(10)21-14-9-15(19)18(16(14)20)11-5-2-3-6-11/h4,7-8,11,14H,2-3,5-6,9,17H2,1H3. The third-order valence-corrected chi connectivity index (χ3v) is 5.78. The van der Waals surface area contributed by atoms with Crippen molar-refractivity contribution in [1.82, 2.24) is 4.90 Å². The third-order valence-electron chi connectivity index (χ3n) is 4.43. The molecule has 1 aromatic carbocycles. The summed E-state index contributed by atoms with van der Waals surface area (Å²) in [5.41, 5.74) is 7.62. The second-order valence-electron chi connectivity index (χ2n) is 5.82. The van der Waals surface area contributed by atoms with Crippen LogP contribution in [0.1, 0.15) is 37.7 Å². The molecule has 1 saturated heterocycles. The summed E-state index contributed by atoms with van der Waals surface area (Å²) in [7, 11) is 0. The highest BCUT2D eigenvalue weighted by molar-refractivity contribution is 8.00. The molecule has 2 amide bonds. The van der Waals surface area contributed by atoms with Crippen molar-refractivity contribution >= 4 is 29.3 Å². The molecular weight excluding hydrogens is 284 g/mol. The number of carbonyl (C=O) groups excluding carboxylic acids is 2. The summed E-state index contributed by atoms with van der Waals surface area (Å²) in [6.07, 6.45) is 4.48. The minimum Gasteiger partial charge on any atom is -0.398 e. The number of nitrogens with zero attached hydrogens (tertiary/aromatic N) is 1. The Hall–Kier alpha value is -1.49. The van der Waals surface area contributed by atoms with Crippen LogP contribution in [0.25, 0.3) is 0 Å². The molecule has 4 nitrogen and oxygen atoms in total. The van der Waals surface area contributed by atoms with E-state index in [1.165, 1.54) is 16.7 Å². The Morgan fingerprint density at radius 3 is 2.67 bits per heavy atom. The van der Waals surface area contributed by atoms with Gasteiger partial charge < -0.3 is 5.73 Å². The van der Waals surface area contributed by atoms with E-state index < -0.39 is 0 Å². The van der Waals surface area contributed by atoms with E-state index in [-0.39, 0.29) is 23.1 Å². The molecule has 21 heavy (non-hydrogen) atoms. The summed E-state index contributed by atoms with van der Waals surface area (Å²) < 4.78 is 0. The fourth-order valence-corrected chi connectivity index (χ4v) is 4.37. The SMILES string of the molecule is Cc1c(N)cccc1SC1CC(=O)N(C2CCCC2)C1=O. The van der Waals surface area contributed by atoms with Crippen molar-refractivity contribution in [3.8, 4) is 0 Å². The maximum absolute atomic E-state index is 12.6. The molecule has 1 heterocycles. The fourth-order valence-electron chi connectivity index (χ4n) is 3.17. The summed E-state index contributed by atoms with van der Waals surface area (Å²) in [4.78, 5) is 27.3. The molecule has 1 aliphatic carbocycles. The lowest BCUT2D eigenvalue weighted by Gasteiger charge is -2.22. The van der Waals surface area contributed by atoms with Crippen LogP contribution in [0.3, 0.4) is 0 Å². The number of anilines is 1. The number of nitrogens with two attached hydrogens (primary N) is 1. The van der Waals surface area contributed by atoms with Crippen molar-refractivity contribution in [1.29, 1.82) is 0 Å². The molecule has 2 aliphatic rings. The van der Waals surface area contributed by atoms with Crippen molar-refractivity contribution < 1.29 is 9.59 Å². The largest absolute Gasteiger partial charge is 0.398 e. The van der Waals surface area contributed by atoms with Crippen molar-refractivity contribution in [2.75, 3.05) is 5.73 Å². The van der Waals surface area contributed by atoms with Crippen LogP contribution in [0.5, 0.6) is 0 Å². The monoisotopic (exact) mass is 304 g/mol. The van der Waals surface area contributed by atoms with Crippen molar-refractivity contribution in [3.63, 3.8) is 0 Å². The van der Waals surface area contributed by atoms with Crippen LogP contribution in [0.15, 0.2) is 23.1 Å². The van der Waals surface area contributed by atoms with Gasteiger partial charge in [-0.2, -0.15) is 0 Å². The number of benzene rings is 1. The van der Waals surface area contributed by atoms with Gasteiger partial charge in [0.15, 0.2) is 0 Å². The van der Waals surface area contributed by atoms with Gasteiger partial charge in [-0.3, -0.25) is 14.5 Å². The first-order chi connectivity index (χ1) is 10.1. The number of rotatable bonds is 3. The van der Waals surface area contributed by atoms with E-state index in [1.54, 1.807) is 0 Å². The first-order valence-corrected chi connectivity index (χ1v) is 8.33. The van der Waals surface area contributed by atoms with Crippen LogP contribution >= 0.6 is 11.8 Å². The van der Waals surface area contributed by atoms with Crippen LogP contribution in [-0.4, -0.2) is 28.0 Å². The van der Waals surface area contributed by atoms with Gasteiger partial charge in [0.05, 0.1) is 5.25 Å². The summed E-state index contributed by atoms with van der Waals surface area (Å²) in [6.45, 7) is 1.95. The van der Waals surface area contributed by atoms with Crippen LogP contribution in [0.4, 0.5) is 5.69 Å². The highest BCUT2D eigenvalue weighted by Gasteiger charge is 2.43. The average molecular weight is 304 g/mol. The van der Waals surface area contributed by atoms with Gasteiger partial charge in [-0.25, -0.2) is 0 Å². The highest BCUT2D eigenvalue weighted by Crippen LogP contribution is 2.37. The molecule has 1 unspecified atom stereocenters. The lowest BCUT2D eigenvalue weighted by Crippen LogP contribution is -2.39. The molecule has 2 fully saturated rings. The number of nitrogen functional groups attached to an aromatic ring is 1. The number of amides is 2. The molecular formula is C16H20N2O2S. The molecule has 1 atom stereocenters. The molecule has 0 spiro atoms. The Morgan fingerprint density at radius 1 is 1.24 bits per heavy atom. The zero-order chi connectivity index (χ0) is 15.0. The first-order valence-electron chi connectivity index (χ1n) is 7.45. The van der Waals surface area contributed by atoms with E-state index in [1.807, 2.05) is 25.1 Å². The van der Waals surface area contributed by atoms with Gasteiger partial charge in [-0.05, 0) is 37.5 Å². The summed E-state index contributed by atoms with van der Waals surface area (Å²) >= 11 is 1.47. The number of likely N-dealkylation sites (tertiary alicyclic amines) is 1. The summed E-state index contributed by atoms with van der Waals surface area (Å²) in [5, 5.41) is -0.293. The predicted molar refractivity (Wildman–Crippen MR) is 84.0 cm³/mol. The predicted octanol–water partition coefficient (Wildman–Crippen LogP) is 2.74. The van der Waals surface area contributed by atoms with E-state index in [0.29, 0.717) is 6.42 Å². The summed E-state index contributed by atoms with van der Waals surface area (Å²) in [6, 6.07) is 5.84. The number of imide groups is 1. The van der Waals surface area contributed by atoms with Crippen LogP contribution in [0.2, 0.25) is 0 Å². The molecule has 1 aliphatic heterocycles. The lowest BCUT2D eigenvalue weighted by molar-refractivity contribution is -0.140. The van der Waals surface area contributed by atoms with E-state index in [9.17, 15) is 9.59 Å². The van der Waals surface area contributed by atoms with Crippen LogP contribution < -0.4 is 5.73 Å². The van der Waals surface area contributed by atoms with Crippen LogP contribution in [0, 0.1) is 6.92 Å². The Kier molecular flexibility index (Phi) is 3.93. The molecule has 3 rings (SSSR count). The zero-order valence-corrected chi connectivity index (χ0v) is 13.0. The Labute approximate surface area is 129 Å². The van der Waals surface area contributed by atoms with Crippen molar-refractivity contribution in [2.45, 2.75) is 55.2 Å². The van der Waals surface area contributed by atoms with Gasteiger partial charge in [-0.1, -0.05) is 18.9 Å². The highest BCUT2D eigenvalue weighted by atomic mass is 32.2. The van der Waals surface area contributed by atoms with E-state index >= 15 is 0 Å². The smallest absolute Gasteiger partial charge is 0.243 e. The molecule has 1 aromatic rings. The lowest BCUT2D eigenvalue weighted by atomic mass is 10.2. The number of thioether (sulfide) groups is 1. The van der Waals surface area contributed by atoms with E-state index in [4.69, 9.17) is 5.73 Å². The Balaban J connectivity index is 1.76. The Morgan fingerprint density at radius 2 is 1.95 bits per heavy atom. The molecule has 0 bridgehead atoms. The van der Waals surface area contributed by atoms with Gasteiger partial charge in [0.1, 0.15) is 0 Å². The van der Waals surface area contributed by atoms with Crippen molar-refractivity contribution in [3.05, 3.63) is 23.8 Å². The van der Waals surface area contributed by atoms with Crippen LogP contribution in [-0.2, 0) is 9.59 Å². The van der Waals surface area contributed by atoms with Gasteiger partial charge in [0.25, 0.3) is 0 Å². The molecule has 2 N–H and O–H groups in total.